The van der Waals surface area contributed by atoms with E-state index < -0.39 is 23.4 Å². The SMILES string of the molecule is Cl.O=C(NCc1ccc2c(c1)OCO2)c1cc(NC(=O)c2cc(F)c(F)cc2Cl)n[nH]1. The third-order valence-corrected chi connectivity index (χ3v) is 4.52. The Morgan fingerprint density at radius 1 is 1.06 bits per heavy atom. The normalized spacial score (nSPS) is 11.6. The Bertz CT molecular complexity index is 1160. The number of aromatic nitrogens is 2. The van der Waals surface area contributed by atoms with Gasteiger partial charge >= 0.3 is 0 Å². The summed E-state index contributed by atoms with van der Waals surface area (Å²) in [5.41, 5.74) is 0.614. The molecule has 162 valence electrons. The number of benzene rings is 2. The summed E-state index contributed by atoms with van der Waals surface area (Å²) in [5, 5.41) is 11.1. The Morgan fingerprint density at radius 2 is 1.81 bits per heavy atom. The summed E-state index contributed by atoms with van der Waals surface area (Å²) in [6.45, 7) is 0.379. The molecule has 0 aliphatic carbocycles. The van der Waals surface area contributed by atoms with Crippen LogP contribution in [0.5, 0.6) is 11.5 Å². The summed E-state index contributed by atoms with van der Waals surface area (Å²) >= 11 is 5.78. The Hall–Kier alpha value is -3.37. The van der Waals surface area contributed by atoms with Gasteiger partial charge in [-0.05, 0) is 29.8 Å². The highest BCUT2D eigenvalue weighted by Crippen LogP contribution is 2.32. The molecule has 0 fully saturated rings. The van der Waals surface area contributed by atoms with Crippen LogP contribution in [0.15, 0.2) is 36.4 Å². The fourth-order valence-corrected chi connectivity index (χ4v) is 2.95. The molecule has 2 amide bonds. The lowest BCUT2D eigenvalue weighted by molar-refractivity contribution is 0.0945. The number of carbonyl (C=O) groups excluding carboxylic acids is 2. The third-order valence-electron chi connectivity index (χ3n) is 4.21. The first kappa shape index (κ1) is 22.3. The second-order valence-electron chi connectivity index (χ2n) is 6.24. The Balaban J connectivity index is 0.00000272. The molecule has 0 atom stereocenters. The second kappa shape index (κ2) is 9.19. The summed E-state index contributed by atoms with van der Waals surface area (Å²) in [7, 11) is 0. The maximum absolute atomic E-state index is 13.4. The molecule has 1 aliphatic rings. The first-order valence-electron chi connectivity index (χ1n) is 8.59. The highest BCUT2D eigenvalue weighted by atomic mass is 35.5. The van der Waals surface area contributed by atoms with Gasteiger partial charge in [0.2, 0.25) is 6.79 Å². The molecule has 0 bridgehead atoms. The van der Waals surface area contributed by atoms with E-state index in [1.54, 1.807) is 18.2 Å². The van der Waals surface area contributed by atoms with Crippen LogP contribution < -0.4 is 20.1 Å². The van der Waals surface area contributed by atoms with Crippen LogP contribution in [-0.2, 0) is 6.54 Å². The van der Waals surface area contributed by atoms with Crippen LogP contribution in [0, 0.1) is 11.6 Å². The summed E-state index contributed by atoms with van der Waals surface area (Å²) in [5.74, 6) is -2.41. The van der Waals surface area contributed by atoms with Gasteiger partial charge in [0.15, 0.2) is 29.0 Å². The van der Waals surface area contributed by atoms with Gasteiger partial charge in [0, 0.05) is 12.6 Å². The van der Waals surface area contributed by atoms with Crippen LogP contribution >= 0.6 is 24.0 Å². The molecule has 4 rings (SSSR count). The minimum Gasteiger partial charge on any atom is -0.454 e. The highest BCUT2D eigenvalue weighted by Gasteiger charge is 2.18. The zero-order valence-corrected chi connectivity index (χ0v) is 17.1. The van der Waals surface area contributed by atoms with Crippen molar-refractivity contribution >= 4 is 41.6 Å². The lowest BCUT2D eigenvalue weighted by Crippen LogP contribution is -2.23. The number of H-pyrrole nitrogens is 1. The minimum absolute atomic E-state index is 0. The number of nitrogens with zero attached hydrogens (tertiary/aromatic N) is 1. The van der Waals surface area contributed by atoms with Crippen LogP contribution in [0.25, 0.3) is 0 Å². The molecule has 31 heavy (non-hydrogen) atoms. The molecule has 3 aromatic rings. The molecule has 0 unspecified atom stereocenters. The van der Waals surface area contributed by atoms with E-state index in [4.69, 9.17) is 21.1 Å². The van der Waals surface area contributed by atoms with Gasteiger partial charge in [-0.2, -0.15) is 5.10 Å². The van der Waals surface area contributed by atoms with Crippen molar-refractivity contribution in [2.45, 2.75) is 6.54 Å². The predicted molar refractivity (Wildman–Crippen MR) is 109 cm³/mol. The quantitative estimate of drug-likeness (QED) is 0.493. The van der Waals surface area contributed by atoms with Crippen molar-refractivity contribution in [1.29, 1.82) is 0 Å². The van der Waals surface area contributed by atoms with Crippen LogP contribution in [0.3, 0.4) is 0 Å². The van der Waals surface area contributed by atoms with E-state index in [0.717, 1.165) is 5.56 Å². The van der Waals surface area contributed by atoms with Crippen molar-refractivity contribution in [3.8, 4) is 11.5 Å². The first-order chi connectivity index (χ1) is 14.4. The molecule has 12 heteroatoms. The number of halogens is 4. The molecule has 0 spiro atoms. The van der Waals surface area contributed by atoms with Gasteiger partial charge in [-0.1, -0.05) is 17.7 Å². The Morgan fingerprint density at radius 3 is 2.61 bits per heavy atom. The molecule has 2 heterocycles. The lowest BCUT2D eigenvalue weighted by Gasteiger charge is -2.05. The van der Waals surface area contributed by atoms with Crippen molar-refractivity contribution in [2.75, 3.05) is 12.1 Å². The van der Waals surface area contributed by atoms with E-state index in [1.807, 2.05) is 0 Å². The smallest absolute Gasteiger partial charge is 0.269 e. The molecule has 1 aromatic heterocycles. The molecule has 0 saturated heterocycles. The summed E-state index contributed by atoms with van der Waals surface area (Å²) in [6.07, 6.45) is 0. The van der Waals surface area contributed by atoms with Crippen LogP contribution in [0.2, 0.25) is 5.02 Å². The molecule has 2 aromatic carbocycles. The molecular weight excluding hydrogens is 457 g/mol. The van der Waals surface area contributed by atoms with Crippen molar-refractivity contribution in [3.05, 3.63) is 69.9 Å². The van der Waals surface area contributed by atoms with E-state index in [2.05, 4.69) is 20.8 Å². The van der Waals surface area contributed by atoms with Crippen LogP contribution in [0.1, 0.15) is 26.4 Å². The fourth-order valence-electron chi connectivity index (χ4n) is 2.71. The van der Waals surface area contributed by atoms with E-state index in [9.17, 15) is 18.4 Å². The van der Waals surface area contributed by atoms with Gasteiger partial charge in [0.05, 0.1) is 10.6 Å². The Kier molecular flexibility index (Phi) is 6.62. The number of hydrogen-bond acceptors (Lipinski definition) is 5. The first-order valence-corrected chi connectivity index (χ1v) is 8.96. The van der Waals surface area contributed by atoms with Crippen molar-refractivity contribution in [1.82, 2.24) is 15.5 Å². The number of fused-ring (bicyclic) bond motifs is 1. The summed E-state index contributed by atoms with van der Waals surface area (Å²) < 4.78 is 37.0. The molecule has 0 radical (unpaired) electrons. The van der Waals surface area contributed by atoms with E-state index in [1.165, 1.54) is 6.07 Å². The second-order valence-corrected chi connectivity index (χ2v) is 6.64. The molecule has 8 nitrogen and oxygen atoms in total. The average Bonchev–Trinajstić information content (AvgIpc) is 3.37. The van der Waals surface area contributed by atoms with Crippen molar-refractivity contribution in [3.63, 3.8) is 0 Å². The van der Waals surface area contributed by atoms with Gasteiger partial charge in [0.25, 0.3) is 11.8 Å². The minimum atomic E-state index is -1.21. The standard InChI is InChI=1S/C19H13ClF2N4O4.ClH/c20-11-5-13(22)12(21)4-10(11)18(27)24-17-6-14(25-26-17)19(28)23-7-9-1-2-15-16(3-9)30-8-29-15;/h1-6H,7-8H2,(H,23,28)(H2,24,25,26,27);1H. The number of aromatic amines is 1. The number of nitrogens with one attached hydrogen (secondary N) is 3. The third kappa shape index (κ3) is 4.86. The monoisotopic (exact) mass is 470 g/mol. The van der Waals surface area contributed by atoms with E-state index in [-0.39, 0.29) is 47.8 Å². The fraction of sp³-hybridized carbons (Fsp3) is 0.105. The number of rotatable bonds is 5. The maximum atomic E-state index is 13.4. The maximum Gasteiger partial charge on any atom is 0.269 e. The number of carbonyl (C=O) groups is 2. The Labute approximate surface area is 185 Å². The number of anilines is 1. The van der Waals surface area contributed by atoms with E-state index >= 15 is 0 Å². The molecule has 3 N–H and O–H groups in total. The van der Waals surface area contributed by atoms with Crippen LogP contribution in [-0.4, -0.2) is 28.8 Å². The predicted octanol–water partition coefficient (Wildman–Crippen LogP) is 3.67. The van der Waals surface area contributed by atoms with E-state index in [0.29, 0.717) is 23.6 Å². The van der Waals surface area contributed by atoms with Crippen molar-refractivity contribution < 1.29 is 27.8 Å². The van der Waals surface area contributed by atoms with Gasteiger partial charge in [-0.3, -0.25) is 14.7 Å². The number of ether oxygens (including phenoxy) is 2. The highest BCUT2D eigenvalue weighted by molar-refractivity contribution is 6.34. The largest absolute Gasteiger partial charge is 0.454 e. The summed E-state index contributed by atoms with van der Waals surface area (Å²) in [6, 6.07) is 7.96. The summed E-state index contributed by atoms with van der Waals surface area (Å²) in [4.78, 5) is 24.5. The van der Waals surface area contributed by atoms with Crippen LogP contribution in [0.4, 0.5) is 14.6 Å². The average molecular weight is 471 g/mol. The van der Waals surface area contributed by atoms with Gasteiger partial charge in [0.1, 0.15) is 5.69 Å². The van der Waals surface area contributed by atoms with Gasteiger partial charge in [-0.25, -0.2) is 8.78 Å². The zero-order valence-electron chi connectivity index (χ0n) is 15.5. The van der Waals surface area contributed by atoms with Crippen molar-refractivity contribution in [2.24, 2.45) is 0 Å². The topological polar surface area (TPSA) is 105 Å². The number of hydrogen-bond donors (Lipinski definition) is 3. The lowest BCUT2D eigenvalue weighted by atomic mass is 10.2. The van der Waals surface area contributed by atoms with Gasteiger partial charge < -0.3 is 20.1 Å². The zero-order chi connectivity index (χ0) is 21.3. The molecule has 0 saturated carbocycles. The molecule has 1 aliphatic heterocycles. The molecular formula is C19H14Cl2F2N4O4. The number of amides is 2. The van der Waals surface area contributed by atoms with Gasteiger partial charge in [-0.15, -0.1) is 12.4 Å².